The normalized spacial score (nSPS) is 17.3. The molecule has 11 heteroatoms. The monoisotopic (exact) mass is 617 g/mol. The van der Waals surface area contributed by atoms with Crippen LogP contribution >= 0.6 is 0 Å². The highest BCUT2D eigenvalue weighted by atomic mass is 28.3. The number of carbonyl (C=O) groups is 3. The minimum Gasteiger partial charge on any atom is -0.457 e. The van der Waals surface area contributed by atoms with E-state index in [0.717, 1.165) is 16.5 Å². The lowest BCUT2D eigenvalue weighted by Gasteiger charge is -2.35. The summed E-state index contributed by atoms with van der Waals surface area (Å²) in [6.45, 7) is 15.9. The van der Waals surface area contributed by atoms with Crippen molar-refractivity contribution in [2.45, 2.75) is 84.4 Å². The third kappa shape index (κ3) is 5.45. The van der Waals surface area contributed by atoms with Crippen molar-refractivity contribution in [1.29, 1.82) is 0 Å². The second kappa shape index (κ2) is 11.3. The van der Waals surface area contributed by atoms with Gasteiger partial charge in [-0.25, -0.2) is 14.6 Å². The maximum Gasteiger partial charge on any atom is 0.407 e. The zero-order valence-corrected chi connectivity index (χ0v) is 27.2. The maximum absolute atomic E-state index is 14.0. The average molecular weight is 618 g/mol. The summed E-state index contributed by atoms with van der Waals surface area (Å²) in [6.07, 6.45) is -0.309. The fourth-order valence-corrected chi connectivity index (χ4v) is 8.09. The zero-order valence-electron chi connectivity index (χ0n) is 26.2. The molecule has 0 radical (unpaired) electrons. The number of hydrogen-bond donors (Lipinski definition) is 1. The van der Waals surface area contributed by atoms with E-state index >= 15 is 0 Å². The Hall–Kier alpha value is -4.25. The summed E-state index contributed by atoms with van der Waals surface area (Å²) < 4.78 is 18.2. The Bertz CT molecular complexity index is 1750. The number of amides is 1. The molecule has 1 N–H and O–H groups in total. The zero-order chi connectivity index (χ0) is 32.0. The van der Waals surface area contributed by atoms with Crippen LogP contribution in [-0.4, -0.2) is 47.8 Å². The number of nitrogens with zero attached hydrogens (tertiary/aromatic N) is 2. The molecular weight excluding hydrogens is 578 g/mol. The molecule has 1 atom stereocenters. The predicted octanol–water partition coefficient (Wildman–Crippen LogP) is 4.58. The molecule has 44 heavy (non-hydrogen) atoms. The number of cyclic esters (lactones) is 1. The van der Waals surface area contributed by atoms with Gasteiger partial charge in [-0.3, -0.25) is 9.59 Å². The number of carbonyl (C=O) groups excluding carboxylic acids is 3. The van der Waals surface area contributed by atoms with Gasteiger partial charge in [0.2, 0.25) is 5.60 Å². The van der Waals surface area contributed by atoms with Crippen molar-refractivity contribution in [3.8, 4) is 11.4 Å². The number of aromatic nitrogens is 2. The standard InChI is InChI=1S/C33H39N3O7Si/c1-8-33(42-26(37)15-12-16-34-31(40)43-32(3,4)5)23-17-25-27-21(18-36(25)29(38)22(23)19-41-30(33)39)28(44(6,7)9-2)20-13-10-11-14-24(20)35-27/h9-11,13-14,17H,2,8,12,15-16,18-19H2,1,3-7H3,(H,34,40). The topological polar surface area (TPSA) is 126 Å². The van der Waals surface area contributed by atoms with E-state index in [-0.39, 0.29) is 43.5 Å². The molecule has 232 valence electrons. The van der Waals surface area contributed by atoms with Gasteiger partial charge in [-0.2, -0.15) is 0 Å². The van der Waals surface area contributed by atoms with E-state index in [1.54, 1.807) is 38.3 Å². The molecule has 4 heterocycles. The van der Waals surface area contributed by atoms with Gasteiger partial charge in [0.25, 0.3) is 5.56 Å². The Morgan fingerprint density at radius 1 is 1.20 bits per heavy atom. The lowest BCUT2D eigenvalue weighted by atomic mass is 9.85. The molecule has 0 fully saturated rings. The first kappa shape index (κ1) is 31.2. The van der Waals surface area contributed by atoms with Gasteiger partial charge in [-0.1, -0.05) is 43.9 Å². The number of alkyl carbamates (subject to hydrolysis) is 1. The van der Waals surface area contributed by atoms with Crippen LogP contribution in [0, 0.1) is 0 Å². The number of pyridine rings is 2. The Morgan fingerprint density at radius 2 is 1.93 bits per heavy atom. The lowest BCUT2D eigenvalue weighted by Crippen LogP contribution is -2.47. The van der Waals surface area contributed by atoms with Gasteiger partial charge in [0.1, 0.15) is 20.3 Å². The SMILES string of the molecule is C=C[Si](C)(C)c1c2c(nc3ccccc13)-c1cc3c(c(=O)n1C2)COC(=O)C3(CC)OC(=O)CCCNC(=O)OC(C)(C)C. The van der Waals surface area contributed by atoms with Gasteiger partial charge in [0, 0.05) is 29.5 Å². The summed E-state index contributed by atoms with van der Waals surface area (Å²) >= 11 is 0. The van der Waals surface area contributed by atoms with Crippen LogP contribution in [0.4, 0.5) is 4.79 Å². The van der Waals surface area contributed by atoms with E-state index in [0.29, 0.717) is 23.5 Å². The molecule has 3 aromatic rings. The summed E-state index contributed by atoms with van der Waals surface area (Å²) in [6, 6.07) is 9.71. The number of esters is 2. The van der Waals surface area contributed by atoms with Gasteiger partial charge in [0.15, 0.2) is 0 Å². The molecular formula is C33H39N3O7Si. The summed E-state index contributed by atoms with van der Waals surface area (Å²) in [5, 5.41) is 4.83. The van der Waals surface area contributed by atoms with Gasteiger partial charge >= 0.3 is 18.0 Å². The number of hydrogen-bond acceptors (Lipinski definition) is 8. The van der Waals surface area contributed by atoms with E-state index in [1.807, 2.05) is 23.9 Å². The van der Waals surface area contributed by atoms with Crippen LogP contribution in [0.25, 0.3) is 22.3 Å². The first-order chi connectivity index (χ1) is 20.7. The van der Waals surface area contributed by atoms with Crippen LogP contribution in [0.15, 0.2) is 47.4 Å². The number of para-hydroxylation sites is 1. The first-order valence-electron chi connectivity index (χ1n) is 14.9. The fraction of sp³-hybridized carbons (Fsp3) is 0.424. The lowest BCUT2D eigenvalue weighted by molar-refractivity contribution is -0.189. The summed E-state index contributed by atoms with van der Waals surface area (Å²) in [5.74, 6) is -1.36. The van der Waals surface area contributed by atoms with Crippen molar-refractivity contribution in [3.63, 3.8) is 0 Å². The van der Waals surface area contributed by atoms with Crippen molar-refractivity contribution < 1.29 is 28.6 Å². The average Bonchev–Trinajstić information content (AvgIpc) is 3.32. The molecule has 2 aliphatic heterocycles. The molecule has 0 spiro atoms. The molecule has 10 nitrogen and oxygen atoms in total. The van der Waals surface area contributed by atoms with E-state index < -0.39 is 37.3 Å². The predicted molar refractivity (Wildman–Crippen MR) is 169 cm³/mol. The molecule has 1 unspecified atom stereocenters. The molecule has 0 saturated heterocycles. The summed E-state index contributed by atoms with van der Waals surface area (Å²) in [4.78, 5) is 57.4. The van der Waals surface area contributed by atoms with E-state index in [1.165, 1.54) is 5.19 Å². The first-order valence-corrected chi connectivity index (χ1v) is 18.0. The molecule has 1 aromatic carbocycles. The molecule has 2 aliphatic rings. The van der Waals surface area contributed by atoms with Crippen LogP contribution in [0.5, 0.6) is 0 Å². The highest BCUT2D eigenvalue weighted by Gasteiger charge is 2.50. The van der Waals surface area contributed by atoms with E-state index in [4.69, 9.17) is 19.2 Å². The third-order valence-electron chi connectivity index (χ3n) is 8.23. The quantitative estimate of drug-likeness (QED) is 0.132. The van der Waals surface area contributed by atoms with Gasteiger partial charge < -0.3 is 24.1 Å². The molecule has 1 amide bonds. The van der Waals surface area contributed by atoms with Gasteiger partial charge in [-0.05, 0) is 50.9 Å². The Morgan fingerprint density at radius 3 is 2.61 bits per heavy atom. The van der Waals surface area contributed by atoms with Crippen molar-refractivity contribution in [2.75, 3.05) is 6.54 Å². The van der Waals surface area contributed by atoms with Crippen LogP contribution in [-0.2, 0) is 42.6 Å². The number of ether oxygens (including phenoxy) is 3. The molecule has 2 aromatic heterocycles. The number of nitrogens with one attached hydrogen (secondary N) is 1. The maximum atomic E-state index is 14.0. The van der Waals surface area contributed by atoms with Crippen molar-refractivity contribution >= 4 is 42.2 Å². The van der Waals surface area contributed by atoms with Crippen LogP contribution in [0.1, 0.15) is 63.6 Å². The number of rotatable bonds is 8. The largest absolute Gasteiger partial charge is 0.457 e. The van der Waals surface area contributed by atoms with Gasteiger partial charge in [0.05, 0.1) is 29.0 Å². The van der Waals surface area contributed by atoms with Crippen molar-refractivity contribution in [2.24, 2.45) is 0 Å². The molecule has 0 bridgehead atoms. The van der Waals surface area contributed by atoms with E-state index in [2.05, 4.69) is 31.1 Å². The number of benzene rings is 1. The minimum atomic E-state index is -2.14. The smallest absolute Gasteiger partial charge is 0.407 e. The summed E-state index contributed by atoms with van der Waals surface area (Å²) in [7, 11) is -2.14. The third-order valence-corrected chi connectivity index (χ3v) is 11.1. The Labute approximate surface area is 257 Å². The van der Waals surface area contributed by atoms with Crippen molar-refractivity contribution in [1.82, 2.24) is 14.9 Å². The van der Waals surface area contributed by atoms with Crippen LogP contribution in [0.2, 0.25) is 13.1 Å². The number of fused-ring (bicyclic) bond motifs is 5. The molecule has 0 aliphatic carbocycles. The minimum absolute atomic E-state index is 0.0644. The van der Waals surface area contributed by atoms with E-state index in [9.17, 15) is 19.2 Å². The van der Waals surface area contributed by atoms with Crippen LogP contribution < -0.4 is 16.1 Å². The Balaban J connectivity index is 1.51. The second-order valence-electron chi connectivity index (χ2n) is 12.8. The Kier molecular flexibility index (Phi) is 8.04. The molecule has 0 saturated carbocycles. The van der Waals surface area contributed by atoms with Crippen molar-refractivity contribution in [3.05, 3.63) is 69.7 Å². The highest BCUT2D eigenvalue weighted by molar-refractivity contribution is 6.95. The van der Waals surface area contributed by atoms with Crippen LogP contribution in [0.3, 0.4) is 0 Å². The van der Waals surface area contributed by atoms with Gasteiger partial charge in [-0.15, -0.1) is 6.58 Å². The second-order valence-corrected chi connectivity index (χ2v) is 17.2. The fourth-order valence-electron chi connectivity index (χ4n) is 6.01. The summed E-state index contributed by atoms with van der Waals surface area (Å²) in [5.41, 5.74) is 2.98. The molecule has 5 rings (SSSR count). The highest BCUT2D eigenvalue weighted by Crippen LogP contribution is 2.41.